The zero-order valence-corrected chi connectivity index (χ0v) is 8.04. The van der Waals surface area contributed by atoms with Gasteiger partial charge in [-0.05, 0) is 24.5 Å². The predicted molar refractivity (Wildman–Crippen MR) is 53.6 cm³/mol. The molecule has 1 aromatic heterocycles. The van der Waals surface area contributed by atoms with Gasteiger partial charge < -0.3 is 5.11 Å². The van der Waals surface area contributed by atoms with E-state index in [0.29, 0.717) is 11.6 Å². The fourth-order valence-corrected chi connectivity index (χ4v) is 1.14. The fraction of sp³-hybridized carbons (Fsp3) is 0.300. The lowest BCUT2D eigenvalue weighted by atomic mass is 10.1. The minimum absolute atomic E-state index is 0.444. The van der Waals surface area contributed by atoms with E-state index in [0.717, 1.165) is 12.0 Å². The van der Waals surface area contributed by atoms with Gasteiger partial charge in [-0.25, -0.2) is 4.98 Å². The molecule has 0 aliphatic carbocycles. The maximum Gasteiger partial charge on any atom is 0.129 e. The number of nitrogens with zero attached hydrogens (tertiary/aromatic N) is 1. The van der Waals surface area contributed by atoms with E-state index >= 15 is 0 Å². The van der Waals surface area contributed by atoms with Gasteiger partial charge in [-0.3, -0.25) is 0 Å². The van der Waals surface area contributed by atoms with Gasteiger partial charge in [0.1, 0.15) is 5.15 Å². The summed E-state index contributed by atoms with van der Waals surface area (Å²) in [6, 6.07) is 3.46. The topological polar surface area (TPSA) is 33.1 Å². The van der Waals surface area contributed by atoms with Gasteiger partial charge in [0, 0.05) is 6.20 Å². The van der Waals surface area contributed by atoms with Crippen LogP contribution in [0.3, 0.4) is 0 Å². The Morgan fingerprint density at radius 1 is 1.62 bits per heavy atom. The molecule has 70 valence electrons. The lowest BCUT2D eigenvalue weighted by Gasteiger charge is -2.08. The maximum atomic E-state index is 9.61. The molecule has 1 N–H and O–H groups in total. The number of halogens is 1. The number of aliphatic hydroxyl groups excluding tert-OH is 1. The molecular formula is C10H12ClNO. The molecule has 13 heavy (non-hydrogen) atoms. The van der Waals surface area contributed by atoms with Gasteiger partial charge >= 0.3 is 0 Å². The van der Waals surface area contributed by atoms with Gasteiger partial charge in [0.25, 0.3) is 0 Å². The van der Waals surface area contributed by atoms with Crippen molar-refractivity contribution in [2.24, 2.45) is 0 Å². The Bertz CT molecular complexity index is 271. The summed E-state index contributed by atoms with van der Waals surface area (Å²) >= 11 is 5.61. The zero-order chi connectivity index (χ0) is 9.68. The monoisotopic (exact) mass is 197 g/mol. The molecule has 0 fully saturated rings. The van der Waals surface area contributed by atoms with Crippen molar-refractivity contribution in [1.82, 2.24) is 4.98 Å². The van der Waals surface area contributed by atoms with Crippen molar-refractivity contribution >= 4 is 11.6 Å². The quantitative estimate of drug-likeness (QED) is 0.595. The molecule has 0 saturated heterocycles. The lowest BCUT2D eigenvalue weighted by Crippen LogP contribution is -1.97. The van der Waals surface area contributed by atoms with Crippen molar-refractivity contribution < 1.29 is 5.11 Å². The van der Waals surface area contributed by atoms with Crippen LogP contribution in [0.15, 0.2) is 31.0 Å². The second-order valence-corrected chi connectivity index (χ2v) is 3.18. The normalized spacial score (nSPS) is 12.5. The summed E-state index contributed by atoms with van der Waals surface area (Å²) in [6.07, 6.45) is 4.38. The van der Waals surface area contributed by atoms with Crippen LogP contribution in [-0.2, 0) is 0 Å². The van der Waals surface area contributed by atoms with Crippen LogP contribution in [0.2, 0.25) is 5.15 Å². The smallest absolute Gasteiger partial charge is 0.129 e. The third kappa shape index (κ3) is 3.17. The first kappa shape index (κ1) is 10.2. The number of hydrogen-bond donors (Lipinski definition) is 1. The largest absolute Gasteiger partial charge is 0.388 e. The number of pyridine rings is 1. The van der Waals surface area contributed by atoms with Crippen molar-refractivity contribution in [3.05, 3.63) is 41.7 Å². The Labute approximate surface area is 82.9 Å². The van der Waals surface area contributed by atoms with Gasteiger partial charge in [-0.1, -0.05) is 23.7 Å². The molecule has 0 aliphatic rings. The number of aromatic nitrogens is 1. The van der Waals surface area contributed by atoms with E-state index in [2.05, 4.69) is 11.6 Å². The molecule has 3 heteroatoms. The van der Waals surface area contributed by atoms with E-state index in [1.165, 1.54) is 0 Å². The van der Waals surface area contributed by atoms with Crippen LogP contribution in [-0.4, -0.2) is 10.1 Å². The summed E-state index contributed by atoms with van der Waals surface area (Å²) in [5, 5.41) is 10.1. The van der Waals surface area contributed by atoms with E-state index in [1.54, 1.807) is 24.4 Å². The molecule has 1 atom stereocenters. The van der Waals surface area contributed by atoms with E-state index in [-0.39, 0.29) is 0 Å². The second-order valence-electron chi connectivity index (χ2n) is 2.80. The van der Waals surface area contributed by atoms with E-state index in [4.69, 9.17) is 11.6 Å². The highest BCUT2D eigenvalue weighted by molar-refractivity contribution is 6.29. The maximum absolute atomic E-state index is 9.61. The first-order valence-electron chi connectivity index (χ1n) is 4.14. The van der Waals surface area contributed by atoms with E-state index < -0.39 is 6.10 Å². The van der Waals surface area contributed by atoms with Gasteiger partial charge in [0.2, 0.25) is 0 Å². The zero-order valence-electron chi connectivity index (χ0n) is 7.28. The molecule has 0 bridgehead atoms. The second kappa shape index (κ2) is 5.00. The number of hydrogen-bond acceptors (Lipinski definition) is 2. The van der Waals surface area contributed by atoms with Crippen LogP contribution in [0, 0.1) is 0 Å². The highest BCUT2D eigenvalue weighted by atomic mass is 35.5. The molecule has 0 amide bonds. The highest BCUT2D eigenvalue weighted by Gasteiger charge is 2.05. The Kier molecular flexibility index (Phi) is 3.93. The Hall–Kier alpha value is -0.860. The van der Waals surface area contributed by atoms with Gasteiger partial charge in [0.05, 0.1) is 6.10 Å². The Balaban J connectivity index is 2.60. The Morgan fingerprint density at radius 3 is 2.92 bits per heavy atom. The average molecular weight is 198 g/mol. The summed E-state index contributed by atoms with van der Waals surface area (Å²) in [7, 11) is 0. The van der Waals surface area contributed by atoms with Gasteiger partial charge in [-0.15, -0.1) is 6.58 Å². The summed E-state index contributed by atoms with van der Waals surface area (Å²) in [5.74, 6) is 0. The molecule has 0 spiro atoms. The van der Waals surface area contributed by atoms with Crippen molar-refractivity contribution in [3.8, 4) is 0 Å². The average Bonchev–Trinajstić information content (AvgIpc) is 2.15. The highest BCUT2D eigenvalue weighted by Crippen LogP contribution is 2.18. The Morgan fingerprint density at radius 2 is 2.38 bits per heavy atom. The molecule has 1 unspecified atom stereocenters. The summed E-state index contributed by atoms with van der Waals surface area (Å²) in [4.78, 5) is 3.89. The SMILES string of the molecule is C=CCCC(O)c1ccc(Cl)nc1. The van der Waals surface area contributed by atoms with Crippen LogP contribution in [0.5, 0.6) is 0 Å². The third-order valence-electron chi connectivity index (χ3n) is 1.78. The standard InChI is InChI=1S/C10H12ClNO/c1-2-3-4-9(13)8-5-6-10(11)12-7-8/h2,5-7,9,13H,1,3-4H2. The van der Waals surface area contributed by atoms with Crippen molar-refractivity contribution in [1.29, 1.82) is 0 Å². The lowest BCUT2D eigenvalue weighted by molar-refractivity contribution is 0.168. The van der Waals surface area contributed by atoms with Crippen molar-refractivity contribution in [3.63, 3.8) is 0 Å². The number of rotatable bonds is 4. The van der Waals surface area contributed by atoms with Crippen LogP contribution in [0.25, 0.3) is 0 Å². The molecular weight excluding hydrogens is 186 g/mol. The minimum atomic E-state index is -0.470. The summed E-state index contributed by atoms with van der Waals surface area (Å²) < 4.78 is 0. The number of aliphatic hydroxyl groups is 1. The van der Waals surface area contributed by atoms with Crippen LogP contribution >= 0.6 is 11.6 Å². The van der Waals surface area contributed by atoms with Gasteiger partial charge in [-0.2, -0.15) is 0 Å². The molecule has 1 aromatic rings. The first-order chi connectivity index (χ1) is 6.24. The fourth-order valence-electron chi connectivity index (χ4n) is 1.03. The molecule has 0 aliphatic heterocycles. The van der Waals surface area contributed by atoms with Crippen molar-refractivity contribution in [2.75, 3.05) is 0 Å². The summed E-state index contributed by atoms with van der Waals surface area (Å²) in [6.45, 7) is 3.59. The molecule has 1 heterocycles. The number of allylic oxidation sites excluding steroid dienone is 1. The molecule has 0 aromatic carbocycles. The van der Waals surface area contributed by atoms with E-state index in [1.807, 2.05) is 0 Å². The van der Waals surface area contributed by atoms with Crippen LogP contribution in [0.1, 0.15) is 24.5 Å². The molecule has 0 saturated carbocycles. The van der Waals surface area contributed by atoms with Crippen LogP contribution in [0.4, 0.5) is 0 Å². The molecule has 0 radical (unpaired) electrons. The van der Waals surface area contributed by atoms with Crippen LogP contribution < -0.4 is 0 Å². The first-order valence-corrected chi connectivity index (χ1v) is 4.52. The predicted octanol–water partition coefficient (Wildman–Crippen LogP) is 2.73. The molecule has 2 nitrogen and oxygen atoms in total. The molecule has 1 rings (SSSR count). The minimum Gasteiger partial charge on any atom is -0.388 e. The summed E-state index contributed by atoms with van der Waals surface area (Å²) in [5.41, 5.74) is 0.797. The van der Waals surface area contributed by atoms with E-state index in [9.17, 15) is 5.11 Å². The van der Waals surface area contributed by atoms with Crippen molar-refractivity contribution in [2.45, 2.75) is 18.9 Å². The third-order valence-corrected chi connectivity index (χ3v) is 2.00. The van der Waals surface area contributed by atoms with Gasteiger partial charge in [0.15, 0.2) is 0 Å².